The summed E-state index contributed by atoms with van der Waals surface area (Å²) in [6.07, 6.45) is 0. The highest BCUT2D eigenvalue weighted by Gasteiger charge is 2.08. The first-order chi connectivity index (χ1) is 11.5. The van der Waals surface area contributed by atoms with Crippen molar-refractivity contribution in [2.75, 3.05) is 18.5 Å². The molecule has 130 valence electrons. The van der Waals surface area contributed by atoms with E-state index in [-0.39, 0.29) is 0 Å². The summed E-state index contributed by atoms with van der Waals surface area (Å²) in [5.41, 5.74) is 9.72. The number of hydrogen-bond acceptors (Lipinski definition) is 4. The van der Waals surface area contributed by atoms with Crippen LogP contribution in [0.4, 0.5) is 5.69 Å². The van der Waals surface area contributed by atoms with Crippen molar-refractivity contribution in [3.8, 4) is 11.5 Å². The summed E-state index contributed by atoms with van der Waals surface area (Å²) >= 11 is 0. The Morgan fingerprint density at radius 3 is 2.62 bits per heavy atom. The Labute approximate surface area is 142 Å². The molecule has 0 aliphatic heterocycles. The van der Waals surface area contributed by atoms with Gasteiger partial charge in [-0.2, -0.15) is 5.10 Å². The lowest BCUT2D eigenvalue weighted by atomic mass is 10.2. The number of aromatic amines is 1. The fraction of sp³-hybridized carbons (Fsp3) is 0.412. The molecule has 7 nitrogen and oxygen atoms in total. The van der Waals surface area contributed by atoms with Crippen molar-refractivity contribution < 1.29 is 9.47 Å². The van der Waals surface area contributed by atoms with Gasteiger partial charge in [-0.25, -0.2) is 4.99 Å². The molecule has 1 heterocycles. The highest BCUT2D eigenvalue weighted by Crippen LogP contribution is 2.29. The van der Waals surface area contributed by atoms with Crippen LogP contribution in [0.3, 0.4) is 0 Å². The topological polar surface area (TPSA) is 97.6 Å². The van der Waals surface area contributed by atoms with Crippen LogP contribution in [0.15, 0.2) is 23.2 Å². The van der Waals surface area contributed by atoms with E-state index in [9.17, 15) is 0 Å². The molecule has 1 aromatic carbocycles. The van der Waals surface area contributed by atoms with Gasteiger partial charge in [0.2, 0.25) is 0 Å². The van der Waals surface area contributed by atoms with Gasteiger partial charge in [0.15, 0.2) is 5.96 Å². The molecule has 0 aliphatic carbocycles. The summed E-state index contributed by atoms with van der Waals surface area (Å²) in [4.78, 5) is 4.39. The average Bonchev–Trinajstić information content (AvgIpc) is 2.87. The molecule has 0 saturated heterocycles. The quantitative estimate of drug-likeness (QED) is 0.535. The first kappa shape index (κ1) is 17.7. The van der Waals surface area contributed by atoms with Gasteiger partial charge in [-0.15, -0.1) is 0 Å². The van der Waals surface area contributed by atoms with Crippen molar-refractivity contribution in [2.45, 2.75) is 34.2 Å². The zero-order chi connectivity index (χ0) is 17.5. The highest BCUT2D eigenvalue weighted by atomic mass is 16.5. The standard InChI is InChI=1S/C17H25N5O2/c1-5-23-13-7-8-16(24-6-2)15(9-13)20-17(18)19-10-14-11(3)21-22-12(14)4/h7-9H,5-6,10H2,1-4H3,(H,21,22)(H3,18,19,20). The number of anilines is 1. The molecule has 0 aliphatic rings. The Kier molecular flexibility index (Phi) is 6.06. The van der Waals surface area contributed by atoms with Crippen LogP contribution >= 0.6 is 0 Å². The lowest BCUT2D eigenvalue weighted by Crippen LogP contribution is -2.23. The molecule has 0 spiro atoms. The zero-order valence-electron chi connectivity index (χ0n) is 14.6. The van der Waals surface area contributed by atoms with Crippen LogP contribution in [0, 0.1) is 13.8 Å². The van der Waals surface area contributed by atoms with E-state index in [0.717, 1.165) is 28.4 Å². The molecule has 2 aromatic rings. The minimum Gasteiger partial charge on any atom is -0.494 e. The van der Waals surface area contributed by atoms with Crippen molar-refractivity contribution in [1.29, 1.82) is 0 Å². The molecule has 4 N–H and O–H groups in total. The minimum atomic E-state index is 0.310. The van der Waals surface area contributed by atoms with E-state index in [1.807, 2.05) is 45.9 Å². The second kappa shape index (κ2) is 8.24. The van der Waals surface area contributed by atoms with Gasteiger partial charge >= 0.3 is 0 Å². The maximum Gasteiger partial charge on any atom is 0.193 e. The number of aliphatic imine (C=N–C) groups is 1. The van der Waals surface area contributed by atoms with Crippen LogP contribution in [0.1, 0.15) is 30.8 Å². The number of nitrogens with two attached hydrogens (primary N) is 1. The summed E-state index contributed by atoms with van der Waals surface area (Å²) in [6.45, 7) is 9.40. The second-order valence-electron chi connectivity index (χ2n) is 5.26. The molecule has 0 amide bonds. The van der Waals surface area contributed by atoms with E-state index >= 15 is 0 Å². The number of hydrogen-bond donors (Lipinski definition) is 3. The van der Waals surface area contributed by atoms with Gasteiger partial charge in [-0.3, -0.25) is 5.10 Å². The van der Waals surface area contributed by atoms with Gasteiger partial charge in [-0.1, -0.05) is 0 Å². The number of benzene rings is 1. The predicted octanol–water partition coefficient (Wildman–Crippen LogP) is 2.75. The van der Waals surface area contributed by atoms with Crippen LogP contribution in [-0.4, -0.2) is 29.4 Å². The molecule has 24 heavy (non-hydrogen) atoms. The van der Waals surface area contributed by atoms with E-state index < -0.39 is 0 Å². The molecule has 0 fully saturated rings. The zero-order valence-corrected chi connectivity index (χ0v) is 14.6. The summed E-state index contributed by atoms with van der Waals surface area (Å²) in [6, 6.07) is 5.57. The molecule has 2 rings (SSSR count). The maximum atomic E-state index is 6.02. The maximum absolute atomic E-state index is 6.02. The van der Waals surface area contributed by atoms with E-state index in [1.54, 1.807) is 0 Å². The van der Waals surface area contributed by atoms with Crippen molar-refractivity contribution in [3.05, 3.63) is 35.2 Å². The summed E-state index contributed by atoms with van der Waals surface area (Å²) in [5, 5.41) is 10.2. The third-order valence-corrected chi connectivity index (χ3v) is 3.51. The smallest absolute Gasteiger partial charge is 0.193 e. The number of ether oxygens (including phenoxy) is 2. The van der Waals surface area contributed by atoms with E-state index in [1.165, 1.54) is 0 Å². The molecule has 1 aromatic heterocycles. The van der Waals surface area contributed by atoms with Gasteiger partial charge in [0.25, 0.3) is 0 Å². The number of rotatable bonds is 7. The number of nitrogens with one attached hydrogen (secondary N) is 2. The molecule has 7 heteroatoms. The largest absolute Gasteiger partial charge is 0.494 e. The van der Waals surface area contributed by atoms with E-state index in [2.05, 4.69) is 20.5 Å². The number of H-pyrrole nitrogens is 1. The minimum absolute atomic E-state index is 0.310. The van der Waals surface area contributed by atoms with Crippen molar-refractivity contribution in [2.24, 2.45) is 10.7 Å². The van der Waals surface area contributed by atoms with Crippen molar-refractivity contribution in [1.82, 2.24) is 10.2 Å². The average molecular weight is 331 g/mol. The van der Waals surface area contributed by atoms with Crippen LogP contribution in [0.25, 0.3) is 0 Å². The molecule has 0 radical (unpaired) electrons. The molecule has 0 bridgehead atoms. The van der Waals surface area contributed by atoms with Gasteiger partial charge < -0.3 is 20.5 Å². The third-order valence-electron chi connectivity index (χ3n) is 3.51. The van der Waals surface area contributed by atoms with E-state index in [0.29, 0.717) is 31.5 Å². The molecule has 0 atom stereocenters. The Bertz CT molecular complexity index is 690. The Hall–Kier alpha value is -2.70. The summed E-state index contributed by atoms with van der Waals surface area (Å²) in [5.74, 6) is 1.76. The van der Waals surface area contributed by atoms with E-state index in [4.69, 9.17) is 15.2 Å². The first-order valence-corrected chi connectivity index (χ1v) is 8.02. The molecular weight excluding hydrogens is 306 g/mol. The van der Waals surface area contributed by atoms with Crippen LogP contribution in [-0.2, 0) is 6.54 Å². The molecular formula is C17H25N5O2. The molecule has 0 unspecified atom stereocenters. The number of guanidine groups is 1. The third kappa shape index (κ3) is 4.41. The second-order valence-corrected chi connectivity index (χ2v) is 5.26. The number of nitrogens with zero attached hydrogens (tertiary/aromatic N) is 2. The Morgan fingerprint density at radius 2 is 2.00 bits per heavy atom. The summed E-state index contributed by atoms with van der Waals surface area (Å²) < 4.78 is 11.1. The Morgan fingerprint density at radius 1 is 1.25 bits per heavy atom. The predicted molar refractivity (Wildman–Crippen MR) is 95.8 cm³/mol. The fourth-order valence-corrected chi connectivity index (χ4v) is 2.29. The van der Waals surface area contributed by atoms with Crippen molar-refractivity contribution in [3.63, 3.8) is 0 Å². The number of aryl methyl sites for hydroxylation is 2. The van der Waals surface area contributed by atoms with Crippen molar-refractivity contribution >= 4 is 11.6 Å². The van der Waals surface area contributed by atoms with Crippen LogP contribution < -0.4 is 20.5 Å². The van der Waals surface area contributed by atoms with Gasteiger partial charge in [-0.05, 0) is 39.8 Å². The Balaban J connectivity index is 2.15. The van der Waals surface area contributed by atoms with Gasteiger partial charge in [0.05, 0.1) is 31.1 Å². The fourth-order valence-electron chi connectivity index (χ4n) is 2.29. The SMILES string of the molecule is CCOc1ccc(OCC)c(NC(N)=NCc2c(C)n[nH]c2C)c1. The monoisotopic (exact) mass is 331 g/mol. The molecule has 0 saturated carbocycles. The summed E-state index contributed by atoms with van der Waals surface area (Å²) in [7, 11) is 0. The normalized spacial score (nSPS) is 11.4. The van der Waals surface area contributed by atoms with Gasteiger partial charge in [0, 0.05) is 17.3 Å². The van der Waals surface area contributed by atoms with Crippen LogP contribution in [0.5, 0.6) is 11.5 Å². The highest BCUT2D eigenvalue weighted by molar-refractivity contribution is 5.94. The first-order valence-electron chi connectivity index (χ1n) is 8.02. The number of aromatic nitrogens is 2. The lowest BCUT2D eigenvalue weighted by Gasteiger charge is -2.14. The van der Waals surface area contributed by atoms with Crippen LogP contribution in [0.2, 0.25) is 0 Å². The lowest BCUT2D eigenvalue weighted by molar-refractivity contribution is 0.332. The van der Waals surface area contributed by atoms with Gasteiger partial charge in [0.1, 0.15) is 11.5 Å².